The van der Waals surface area contributed by atoms with E-state index in [1.54, 1.807) is 43.9 Å². The molecule has 0 atom stereocenters. The van der Waals surface area contributed by atoms with Crippen LogP contribution in [0.1, 0.15) is 26.6 Å². The highest BCUT2D eigenvalue weighted by atomic mass is 35.5. The van der Waals surface area contributed by atoms with Gasteiger partial charge in [0.05, 0.1) is 25.7 Å². The molecular formula is C30H29ClN6O3S2. The van der Waals surface area contributed by atoms with Crippen LogP contribution in [0.15, 0.2) is 71.5 Å². The van der Waals surface area contributed by atoms with E-state index in [1.807, 2.05) is 60.0 Å². The van der Waals surface area contributed by atoms with E-state index in [4.69, 9.17) is 21.1 Å². The Kier molecular flexibility index (Phi) is 9.41. The Labute approximate surface area is 257 Å². The van der Waals surface area contributed by atoms with Gasteiger partial charge in [0.25, 0.3) is 5.91 Å². The molecule has 0 aliphatic rings. The molecule has 0 unspecified atom stereocenters. The third-order valence-electron chi connectivity index (χ3n) is 6.59. The number of pyridine rings is 1. The number of halogens is 1. The highest BCUT2D eigenvalue weighted by Gasteiger charge is 2.20. The quantitative estimate of drug-likeness (QED) is 0.157. The van der Waals surface area contributed by atoms with Crippen molar-refractivity contribution in [2.45, 2.75) is 24.3 Å². The van der Waals surface area contributed by atoms with Gasteiger partial charge in [0, 0.05) is 42.0 Å². The molecule has 5 aromatic rings. The number of rotatable bonds is 11. The minimum absolute atomic E-state index is 0.125. The number of carbonyl (C=O) groups is 1. The average Bonchev–Trinajstić information content (AvgIpc) is 3.67. The molecule has 0 saturated heterocycles. The number of hydrogen-bond acceptors (Lipinski definition) is 9. The van der Waals surface area contributed by atoms with Gasteiger partial charge in [-0.25, -0.2) is 4.98 Å². The van der Waals surface area contributed by atoms with Gasteiger partial charge < -0.3 is 14.4 Å². The highest BCUT2D eigenvalue weighted by Crippen LogP contribution is 2.33. The van der Waals surface area contributed by atoms with Gasteiger partial charge in [-0.15, -0.1) is 21.5 Å². The second-order valence-corrected chi connectivity index (χ2v) is 11.7. The predicted molar refractivity (Wildman–Crippen MR) is 166 cm³/mol. The van der Waals surface area contributed by atoms with Crippen LogP contribution in [0.25, 0.3) is 17.1 Å². The molecular weight excluding hydrogens is 592 g/mol. The summed E-state index contributed by atoms with van der Waals surface area (Å²) in [5.74, 6) is 2.41. The minimum Gasteiger partial charge on any atom is -0.493 e. The Bertz CT molecular complexity index is 1690. The molecule has 0 fully saturated rings. The second-order valence-electron chi connectivity index (χ2n) is 9.40. The van der Waals surface area contributed by atoms with Gasteiger partial charge in [0.1, 0.15) is 10.7 Å². The summed E-state index contributed by atoms with van der Waals surface area (Å²) in [5, 5.41) is 12.9. The van der Waals surface area contributed by atoms with Gasteiger partial charge in [-0.3, -0.25) is 14.3 Å². The number of carbonyl (C=O) groups excluding carboxylic acids is 1. The topological polar surface area (TPSA) is 95.3 Å². The van der Waals surface area contributed by atoms with Gasteiger partial charge >= 0.3 is 0 Å². The van der Waals surface area contributed by atoms with Crippen LogP contribution in [0.4, 0.5) is 0 Å². The highest BCUT2D eigenvalue weighted by molar-refractivity contribution is 7.98. The Morgan fingerprint density at radius 2 is 1.93 bits per heavy atom. The molecule has 3 heterocycles. The molecule has 216 valence electrons. The van der Waals surface area contributed by atoms with Crippen molar-refractivity contribution in [1.82, 2.24) is 29.6 Å². The van der Waals surface area contributed by atoms with E-state index in [0.717, 1.165) is 27.4 Å². The molecule has 5 rings (SSSR count). The number of ether oxygens (including phenoxy) is 2. The lowest BCUT2D eigenvalue weighted by Crippen LogP contribution is -2.29. The molecule has 0 aliphatic carbocycles. The van der Waals surface area contributed by atoms with Crippen molar-refractivity contribution in [3.63, 3.8) is 0 Å². The maximum Gasteiger partial charge on any atom is 0.273 e. The summed E-state index contributed by atoms with van der Waals surface area (Å²) in [5.41, 5.74) is 4.24. The van der Waals surface area contributed by atoms with E-state index < -0.39 is 0 Å². The van der Waals surface area contributed by atoms with Crippen molar-refractivity contribution < 1.29 is 14.3 Å². The van der Waals surface area contributed by atoms with Crippen LogP contribution in [-0.2, 0) is 12.2 Å². The Morgan fingerprint density at radius 3 is 2.69 bits per heavy atom. The minimum atomic E-state index is -0.125. The van der Waals surface area contributed by atoms with E-state index in [2.05, 4.69) is 20.2 Å². The summed E-state index contributed by atoms with van der Waals surface area (Å²) < 4.78 is 12.7. The van der Waals surface area contributed by atoms with E-state index >= 15 is 0 Å². The van der Waals surface area contributed by atoms with Crippen LogP contribution in [0.2, 0.25) is 5.02 Å². The van der Waals surface area contributed by atoms with E-state index in [1.165, 1.54) is 23.1 Å². The largest absolute Gasteiger partial charge is 0.493 e. The molecule has 0 bridgehead atoms. The smallest absolute Gasteiger partial charge is 0.273 e. The summed E-state index contributed by atoms with van der Waals surface area (Å²) in [6.07, 6.45) is 4.15. The van der Waals surface area contributed by atoms with Crippen LogP contribution < -0.4 is 9.47 Å². The first kappa shape index (κ1) is 29.6. The summed E-state index contributed by atoms with van der Waals surface area (Å²) in [6, 6.07) is 15.3. The maximum absolute atomic E-state index is 13.1. The van der Waals surface area contributed by atoms with E-state index in [9.17, 15) is 4.79 Å². The first-order chi connectivity index (χ1) is 20.4. The Balaban J connectivity index is 1.29. The zero-order valence-electron chi connectivity index (χ0n) is 23.6. The number of aromatic nitrogens is 5. The fourth-order valence-electron chi connectivity index (χ4n) is 4.32. The fraction of sp³-hybridized carbons (Fsp3) is 0.233. The van der Waals surface area contributed by atoms with Gasteiger partial charge in [0.2, 0.25) is 0 Å². The monoisotopic (exact) mass is 620 g/mol. The van der Waals surface area contributed by atoms with E-state index in [-0.39, 0.29) is 5.91 Å². The number of benzene rings is 2. The Morgan fingerprint density at radius 1 is 1.10 bits per heavy atom. The first-order valence-electron chi connectivity index (χ1n) is 13.0. The second kappa shape index (κ2) is 13.4. The van der Waals surface area contributed by atoms with Crippen molar-refractivity contribution in [3.05, 3.63) is 93.2 Å². The van der Waals surface area contributed by atoms with Crippen molar-refractivity contribution >= 4 is 40.6 Å². The average molecular weight is 621 g/mol. The maximum atomic E-state index is 13.1. The number of aryl methyl sites for hydroxylation is 1. The van der Waals surface area contributed by atoms with Crippen LogP contribution in [-0.4, -0.2) is 63.4 Å². The zero-order chi connectivity index (χ0) is 29.6. The van der Waals surface area contributed by atoms with Gasteiger partial charge in [-0.2, -0.15) is 0 Å². The van der Waals surface area contributed by atoms with Crippen LogP contribution in [0.5, 0.6) is 11.5 Å². The van der Waals surface area contributed by atoms with Gasteiger partial charge in [0.15, 0.2) is 22.5 Å². The molecule has 0 radical (unpaired) electrons. The molecule has 9 nitrogen and oxygen atoms in total. The predicted octanol–water partition coefficient (Wildman–Crippen LogP) is 6.37. The molecule has 0 N–H and O–H groups in total. The Hall–Kier alpha value is -3.93. The lowest BCUT2D eigenvalue weighted by Gasteiger charge is -2.16. The van der Waals surface area contributed by atoms with Crippen molar-refractivity contribution in [2.75, 3.05) is 27.8 Å². The number of methoxy groups -OCH3 is 2. The molecule has 0 spiro atoms. The van der Waals surface area contributed by atoms with Crippen LogP contribution in [0.3, 0.4) is 0 Å². The zero-order valence-corrected chi connectivity index (χ0v) is 26.0. The number of thiazole rings is 1. The van der Waals surface area contributed by atoms with Crippen molar-refractivity contribution in [1.29, 1.82) is 0 Å². The lowest BCUT2D eigenvalue weighted by molar-refractivity contribution is 0.0791. The number of likely N-dealkylation sites (N-methyl/N-ethyl adjacent to an activating group) is 1. The third-order valence-corrected chi connectivity index (χ3v) is 8.80. The van der Waals surface area contributed by atoms with Crippen LogP contribution in [0, 0.1) is 6.92 Å². The SMILES string of the molecule is COc1ccc(CCN(C)C(=O)c2csc(CSc3nnc(-c4cccnc4)n3-c3cc(Cl)ccc3C)n2)cc1OC. The van der Waals surface area contributed by atoms with Gasteiger partial charge in [-0.05, 0) is 60.9 Å². The van der Waals surface area contributed by atoms with Crippen molar-refractivity contribution in [2.24, 2.45) is 0 Å². The number of nitrogens with zero attached hydrogens (tertiary/aromatic N) is 6. The van der Waals surface area contributed by atoms with Crippen molar-refractivity contribution in [3.8, 4) is 28.6 Å². The molecule has 3 aromatic heterocycles. The molecule has 0 saturated carbocycles. The molecule has 42 heavy (non-hydrogen) atoms. The summed E-state index contributed by atoms with van der Waals surface area (Å²) in [6.45, 7) is 2.56. The summed E-state index contributed by atoms with van der Waals surface area (Å²) in [4.78, 5) is 23.7. The number of thioether (sulfide) groups is 1. The number of amides is 1. The van der Waals surface area contributed by atoms with Gasteiger partial charge in [-0.1, -0.05) is 35.5 Å². The number of hydrogen-bond donors (Lipinski definition) is 0. The molecule has 1 amide bonds. The summed E-state index contributed by atoms with van der Waals surface area (Å²) >= 11 is 9.32. The standard InChI is InChI=1S/C30H29ClN6O3S2/c1-19-7-9-22(31)15-24(19)37-28(21-6-5-12-32-16-21)34-35-30(37)42-18-27-33-23(17-41-27)29(38)36(2)13-11-20-8-10-25(39-3)26(14-20)40-4/h5-10,12,14-17H,11,13,18H2,1-4H3. The normalized spacial score (nSPS) is 11.0. The molecule has 12 heteroatoms. The summed E-state index contributed by atoms with van der Waals surface area (Å²) in [7, 11) is 5.00. The third kappa shape index (κ3) is 6.59. The lowest BCUT2D eigenvalue weighted by atomic mass is 10.1. The first-order valence-corrected chi connectivity index (χ1v) is 15.3. The molecule has 0 aliphatic heterocycles. The fourth-order valence-corrected chi connectivity index (χ4v) is 6.21. The van der Waals surface area contributed by atoms with Crippen LogP contribution >= 0.6 is 34.7 Å². The molecule has 2 aromatic carbocycles. The van der Waals surface area contributed by atoms with E-state index in [0.29, 0.717) is 51.9 Å².